The quantitative estimate of drug-likeness (QED) is 0.430. The fraction of sp³-hybridized carbons (Fsp3) is 0.240. The van der Waals surface area contributed by atoms with Gasteiger partial charge in [0.2, 0.25) is 0 Å². The zero-order valence-electron chi connectivity index (χ0n) is 17.0. The number of benzene rings is 3. The van der Waals surface area contributed by atoms with E-state index < -0.39 is 0 Å². The van der Waals surface area contributed by atoms with Crippen LogP contribution < -0.4 is 4.74 Å². The number of carbonyl (C=O) groups is 1. The van der Waals surface area contributed by atoms with Gasteiger partial charge >= 0.3 is 5.97 Å². The molecule has 0 amide bonds. The van der Waals surface area contributed by atoms with Gasteiger partial charge in [0.25, 0.3) is 0 Å². The number of halogens is 1. The van der Waals surface area contributed by atoms with Crippen LogP contribution in [0.5, 0.6) is 5.75 Å². The Morgan fingerprint density at radius 3 is 2.38 bits per heavy atom. The predicted octanol–water partition coefficient (Wildman–Crippen LogP) is 6.31. The summed E-state index contributed by atoms with van der Waals surface area (Å²) in [7, 11) is 1.39. The van der Waals surface area contributed by atoms with Crippen LogP contribution in [0, 0.1) is 13.8 Å². The fourth-order valence-electron chi connectivity index (χ4n) is 3.41. The summed E-state index contributed by atoms with van der Waals surface area (Å²) in [5, 5.41) is 0.593. The molecule has 0 aliphatic rings. The first-order valence-corrected chi connectivity index (χ1v) is 9.99. The van der Waals surface area contributed by atoms with Crippen molar-refractivity contribution < 1.29 is 14.3 Å². The Morgan fingerprint density at radius 1 is 0.966 bits per heavy atom. The van der Waals surface area contributed by atoms with Crippen LogP contribution in [-0.4, -0.2) is 13.1 Å². The van der Waals surface area contributed by atoms with Gasteiger partial charge in [-0.05, 0) is 71.8 Å². The van der Waals surface area contributed by atoms with Crippen molar-refractivity contribution in [3.63, 3.8) is 0 Å². The van der Waals surface area contributed by atoms with Crippen molar-refractivity contribution >= 4 is 17.6 Å². The molecule has 0 bridgehead atoms. The average molecular weight is 409 g/mol. The first kappa shape index (κ1) is 20.9. The van der Waals surface area contributed by atoms with Crippen molar-refractivity contribution in [2.75, 3.05) is 7.11 Å². The lowest BCUT2D eigenvalue weighted by molar-refractivity contribution is -0.140. The number of hydrogen-bond donors (Lipinski definition) is 0. The second-order valence-electron chi connectivity index (χ2n) is 7.09. The van der Waals surface area contributed by atoms with Crippen molar-refractivity contribution in [3.8, 4) is 16.9 Å². The smallest absolute Gasteiger partial charge is 0.305 e. The molecule has 3 rings (SSSR count). The highest BCUT2D eigenvalue weighted by molar-refractivity contribution is 6.31. The average Bonchev–Trinajstić information content (AvgIpc) is 2.71. The van der Waals surface area contributed by atoms with Gasteiger partial charge in [0, 0.05) is 11.4 Å². The summed E-state index contributed by atoms with van der Waals surface area (Å²) in [4.78, 5) is 11.3. The number of hydrogen-bond acceptors (Lipinski definition) is 3. The molecule has 4 heteroatoms. The lowest BCUT2D eigenvalue weighted by Crippen LogP contribution is -2.02. The minimum absolute atomic E-state index is 0.245. The topological polar surface area (TPSA) is 35.5 Å². The lowest BCUT2D eigenvalue weighted by Gasteiger charge is -2.13. The van der Waals surface area contributed by atoms with Crippen LogP contribution in [0.3, 0.4) is 0 Å². The van der Waals surface area contributed by atoms with Gasteiger partial charge in [-0.15, -0.1) is 0 Å². The normalized spacial score (nSPS) is 10.6. The molecule has 3 nitrogen and oxygen atoms in total. The molecule has 0 N–H and O–H groups in total. The standard InChI is InChI=1S/C25H25ClO3/c1-17-6-4-7-18(2)25(17)21-9-5-8-19(14-21)16-29-22-12-10-20(23(26)15-22)11-13-24(27)28-3/h4-10,12,14-15H,11,13,16H2,1-3H3. The molecule has 0 heterocycles. The van der Waals surface area contributed by atoms with E-state index in [1.807, 2.05) is 12.1 Å². The van der Waals surface area contributed by atoms with E-state index in [1.54, 1.807) is 6.07 Å². The molecule has 0 aliphatic carbocycles. The molecule has 0 aliphatic heterocycles. The predicted molar refractivity (Wildman–Crippen MR) is 117 cm³/mol. The first-order chi connectivity index (χ1) is 14.0. The number of aryl methyl sites for hydroxylation is 3. The Labute approximate surface area is 177 Å². The summed E-state index contributed by atoms with van der Waals surface area (Å²) in [5.74, 6) is 0.458. The van der Waals surface area contributed by atoms with Crippen LogP contribution in [0.4, 0.5) is 0 Å². The Hall–Kier alpha value is -2.78. The molecular formula is C25H25ClO3. The molecule has 0 fully saturated rings. The van der Waals surface area contributed by atoms with E-state index in [-0.39, 0.29) is 5.97 Å². The first-order valence-electron chi connectivity index (χ1n) is 9.61. The van der Waals surface area contributed by atoms with E-state index in [0.29, 0.717) is 30.2 Å². The second-order valence-corrected chi connectivity index (χ2v) is 7.49. The van der Waals surface area contributed by atoms with Gasteiger partial charge < -0.3 is 9.47 Å². The summed E-state index contributed by atoms with van der Waals surface area (Å²) in [6.45, 7) is 4.72. The van der Waals surface area contributed by atoms with Gasteiger partial charge in [-0.1, -0.05) is 54.1 Å². The zero-order chi connectivity index (χ0) is 20.8. The Morgan fingerprint density at radius 2 is 1.69 bits per heavy atom. The third kappa shape index (κ3) is 5.39. The molecular weight excluding hydrogens is 384 g/mol. The second kappa shape index (κ2) is 9.62. The number of methoxy groups -OCH3 is 1. The van der Waals surface area contributed by atoms with Crippen LogP contribution in [0.15, 0.2) is 60.7 Å². The molecule has 0 radical (unpaired) electrons. The van der Waals surface area contributed by atoms with Gasteiger partial charge in [-0.25, -0.2) is 0 Å². The van der Waals surface area contributed by atoms with Gasteiger partial charge in [0.05, 0.1) is 7.11 Å². The summed E-state index contributed by atoms with van der Waals surface area (Å²) in [6.07, 6.45) is 0.852. The van der Waals surface area contributed by atoms with Crippen LogP contribution in [-0.2, 0) is 22.6 Å². The zero-order valence-corrected chi connectivity index (χ0v) is 17.8. The summed E-state index contributed by atoms with van der Waals surface area (Å²) in [6, 6.07) is 20.3. The third-order valence-electron chi connectivity index (χ3n) is 4.95. The van der Waals surface area contributed by atoms with Gasteiger partial charge in [-0.3, -0.25) is 4.79 Å². The van der Waals surface area contributed by atoms with E-state index in [9.17, 15) is 4.79 Å². The van der Waals surface area contributed by atoms with E-state index in [0.717, 1.165) is 11.1 Å². The third-order valence-corrected chi connectivity index (χ3v) is 5.30. The SMILES string of the molecule is COC(=O)CCc1ccc(OCc2cccc(-c3c(C)cccc3C)c2)cc1Cl. The maximum absolute atomic E-state index is 11.3. The maximum Gasteiger partial charge on any atom is 0.305 e. The summed E-state index contributed by atoms with van der Waals surface area (Å²) < 4.78 is 10.6. The molecule has 0 atom stereocenters. The van der Waals surface area contributed by atoms with Crippen LogP contribution >= 0.6 is 11.6 Å². The van der Waals surface area contributed by atoms with Gasteiger partial charge in [0.1, 0.15) is 12.4 Å². The minimum Gasteiger partial charge on any atom is -0.489 e. The van der Waals surface area contributed by atoms with Crippen LogP contribution in [0.25, 0.3) is 11.1 Å². The lowest BCUT2D eigenvalue weighted by atomic mass is 9.95. The van der Waals surface area contributed by atoms with E-state index >= 15 is 0 Å². The Kier molecular flexibility index (Phi) is 6.95. The molecule has 3 aromatic carbocycles. The van der Waals surface area contributed by atoms with Crippen LogP contribution in [0.2, 0.25) is 5.02 Å². The maximum atomic E-state index is 11.3. The highest BCUT2D eigenvalue weighted by Crippen LogP contribution is 2.29. The molecule has 0 spiro atoms. The number of rotatable bonds is 7. The number of ether oxygens (including phenoxy) is 2. The largest absolute Gasteiger partial charge is 0.489 e. The molecule has 0 unspecified atom stereocenters. The fourth-order valence-corrected chi connectivity index (χ4v) is 3.68. The molecule has 3 aromatic rings. The molecule has 0 aromatic heterocycles. The van der Waals surface area contributed by atoms with E-state index in [1.165, 1.54) is 29.4 Å². The van der Waals surface area contributed by atoms with Crippen molar-refractivity contribution in [1.82, 2.24) is 0 Å². The summed E-state index contributed by atoms with van der Waals surface area (Å²) in [5.41, 5.74) is 6.98. The van der Waals surface area contributed by atoms with E-state index in [4.69, 9.17) is 16.3 Å². The highest BCUT2D eigenvalue weighted by Gasteiger charge is 2.08. The van der Waals surface area contributed by atoms with Crippen LogP contribution in [0.1, 0.15) is 28.7 Å². The van der Waals surface area contributed by atoms with Crippen molar-refractivity contribution in [1.29, 1.82) is 0 Å². The molecule has 29 heavy (non-hydrogen) atoms. The number of esters is 1. The molecule has 0 saturated carbocycles. The molecule has 150 valence electrons. The minimum atomic E-state index is -0.245. The van der Waals surface area contributed by atoms with Crippen molar-refractivity contribution in [2.24, 2.45) is 0 Å². The van der Waals surface area contributed by atoms with Gasteiger partial charge in [-0.2, -0.15) is 0 Å². The van der Waals surface area contributed by atoms with Crippen molar-refractivity contribution in [3.05, 3.63) is 87.9 Å². The Bertz CT molecular complexity index is 990. The summed E-state index contributed by atoms with van der Waals surface area (Å²) >= 11 is 6.35. The highest BCUT2D eigenvalue weighted by atomic mass is 35.5. The van der Waals surface area contributed by atoms with Crippen molar-refractivity contribution in [2.45, 2.75) is 33.3 Å². The van der Waals surface area contributed by atoms with Gasteiger partial charge in [0.15, 0.2) is 0 Å². The Balaban J connectivity index is 1.69. The van der Waals surface area contributed by atoms with E-state index in [2.05, 4.69) is 61.0 Å². The molecule has 0 saturated heterocycles. The number of carbonyl (C=O) groups excluding carboxylic acids is 1. The monoisotopic (exact) mass is 408 g/mol.